The maximum Gasteiger partial charge on any atom is 0.145 e. The molecule has 0 spiro atoms. The van der Waals surface area contributed by atoms with Crippen LogP contribution in [0.1, 0.15) is 19.3 Å². The van der Waals surface area contributed by atoms with Gasteiger partial charge in [-0.15, -0.1) is 0 Å². The lowest BCUT2D eigenvalue weighted by Crippen LogP contribution is -2.21. The quantitative estimate of drug-likeness (QED) is 0.503. The van der Waals surface area contributed by atoms with E-state index in [2.05, 4.69) is 10.4 Å². The fraction of sp³-hybridized carbons (Fsp3) is 1.00. The molecule has 0 aliphatic heterocycles. The third kappa shape index (κ3) is 2.30. The third-order valence-corrected chi connectivity index (χ3v) is 3.67. The van der Waals surface area contributed by atoms with Crippen LogP contribution < -0.4 is 0 Å². The Morgan fingerprint density at radius 3 is 2.23 bits per heavy atom. The van der Waals surface area contributed by atoms with Gasteiger partial charge in [0.2, 0.25) is 0 Å². The Hall–Kier alpha value is -0.850. The molecule has 1 aliphatic carbocycles. The summed E-state index contributed by atoms with van der Waals surface area (Å²) in [5, 5.41) is 5.21. The summed E-state index contributed by atoms with van der Waals surface area (Å²) in [5.74, 6) is 0. The van der Waals surface area contributed by atoms with E-state index in [0.717, 1.165) is 0 Å². The van der Waals surface area contributed by atoms with Crippen molar-refractivity contribution in [1.29, 1.82) is 0 Å². The van der Waals surface area contributed by atoms with Crippen LogP contribution in [0.2, 0.25) is 0 Å². The molecule has 0 amide bonds. The zero-order valence-corrected chi connectivity index (χ0v) is 7.77. The van der Waals surface area contributed by atoms with Gasteiger partial charge in [0.1, 0.15) is 23.3 Å². The van der Waals surface area contributed by atoms with Crippen molar-refractivity contribution in [2.45, 2.75) is 30.1 Å². The summed E-state index contributed by atoms with van der Waals surface area (Å²) in [7, 11) is -2.52. The van der Waals surface area contributed by atoms with Crippen LogP contribution in [0.5, 0.6) is 0 Å². The zero-order chi connectivity index (χ0) is 9.90. The van der Waals surface area contributed by atoms with Crippen molar-refractivity contribution in [3.05, 3.63) is 9.81 Å². The van der Waals surface area contributed by atoms with Gasteiger partial charge in [-0.2, -0.15) is 9.81 Å². The monoisotopic (exact) mass is 206 g/mol. The van der Waals surface area contributed by atoms with E-state index >= 15 is 0 Å². The average molecular weight is 206 g/mol. The molecule has 0 aromatic carbocycles. The average Bonchev–Trinajstić information content (AvgIpc) is 2.85. The highest BCUT2D eigenvalue weighted by atomic mass is 32.2. The largest absolute Gasteiger partial charge is 0.231 e. The van der Waals surface area contributed by atoms with Crippen LogP contribution >= 0.6 is 0 Å². The summed E-state index contributed by atoms with van der Waals surface area (Å²) in [5.41, 5.74) is 0. The Balaban J connectivity index is 2.55. The summed E-state index contributed by atoms with van der Waals surface area (Å²) in [6.45, 7) is -0.228. The first-order chi connectivity index (χ1) is 6.14. The molecule has 0 aromatic rings. The van der Waals surface area contributed by atoms with Crippen molar-refractivity contribution in [1.82, 2.24) is 0 Å². The lowest BCUT2D eigenvalue weighted by atomic mass is 10.1. The minimum Gasteiger partial charge on any atom is -0.231 e. The predicted molar refractivity (Wildman–Crippen MR) is 47.1 cm³/mol. The topological polar surface area (TPSA) is 93.0 Å². The van der Waals surface area contributed by atoms with E-state index < -0.39 is 21.5 Å². The maximum absolute atomic E-state index is 10.7. The summed E-state index contributed by atoms with van der Waals surface area (Å²) in [4.78, 5) is 20.0. The van der Waals surface area contributed by atoms with Crippen LogP contribution in [0.15, 0.2) is 10.4 Å². The van der Waals surface area contributed by atoms with Crippen LogP contribution in [0.4, 0.5) is 0 Å². The van der Waals surface area contributed by atoms with E-state index in [1.807, 2.05) is 0 Å². The molecule has 0 bridgehead atoms. The molecular weight excluding hydrogens is 196 g/mol. The molecule has 6 nitrogen and oxygen atoms in total. The highest BCUT2D eigenvalue weighted by Crippen LogP contribution is 2.43. The van der Waals surface area contributed by atoms with E-state index in [4.69, 9.17) is 0 Å². The first-order valence-corrected chi connectivity index (χ1v) is 5.08. The van der Waals surface area contributed by atoms with Gasteiger partial charge < -0.3 is 0 Å². The van der Waals surface area contributed by atoms with E-state index in [-0.39, 0.29) is 13.0 Å². The fourth-order valence-corrected chi connectivity index (χ4v) is 2.10. The van der Waals surface area contributed by atoms with Crippen LogP contribution in [0.25, 0.3) is 0 Å². The van der Waals surface area contributed by atoms with E-state index in [1.54, 1.807) is 0 Å². The fourth-order valence-electron chi connectivity index (χ4n) is 1.27. The van der Waals surface area contributed by atoms with Crippen LogP contribution in [0, 0.1) is 9.81 Å². The van der Waals surface area contributed by atoms with Gasteiger partial charge in [-0.1, -0.05) is 10.4 Å². The number of hydrogen-bond acceptors (Lipinski definition) is 6. The van der Waals surface area contributed by atoms with Gasteiger partial charge in [0, 0.05) is 0 Å². The molecule has 1 fully saturated rings. The second-order valence-electron chi connectivity index (χ2n) is 3.26. The SMILES string of the molecule is O=NC[C@H](CC1([SH](=O)=O)CC1)N=O. The van der Waals surface area contributed by atoms with Crippen molar-refractivity contribution < 1.29 is 8.42 Å². The Bertz CT molecular complexity index is 276. The van der Waals surface area contributed by atoms with Gasteiger partial charge in [0.25, 0.3) is 0 Å². The number of nitroso groups, excluding NO2 is 2. The minimum atomic E-state index is -2.52. The summed E-state index contributed by atoms with van der Waals surface area (Å²) >= 11 is 0. The molecule has 13 heavy (non-hydrogen) atoms. The van der Waals surface area contributed by atoms with Crippen molar-refractivity contribution in [3.63, 3.8) is 0 Å². The van der Waals surface area contributed by atoms with Crippen LogP contribution in [-0.2, 0) is 10.7 Å². The molecule has 0 unspecified atom stereocenters. The van der Waals surface area contributed by atoms with Gasteiger partial charge in [-0.25, -0.2) is 8.42 Å². The van der Waals surface area contributed by atoms with Crippen LogP contribution in [-0.4, -0.2) is 25.8 Å². The lowest BCUT2D eigenvalue weighted by molar-refractivity contribution is 0.552. The summed E-state index contributed by atoms with van der Waals surface area (Å²) in [6, 6.07) is -0.784. The van der Waals surface area contributed by atoms with E-state index in [1.165, 1.54) is 0 Å². The molecule has 0 heterocycles. The number of nitrogens with zero attached hydrogens (tertiary/aromatic N) is 2. The zero-order valence-electron chi connectivity index (χ0n) is 6.88. The maximum atomic E-state index is 10.7. The van der Waals surface area contributed by atoms with Crippen LogP contribution in [0.3, 0.4) is 0 Å². The molecular formula is C6H10N2O4S. The predicted octanol–water partition coefficient (Wildman–Crippen LogP) is 0.422. The van der Waals surface area contributed by atoms with E-state index in [9.17, 15) is 18.2 Å². The highest BCUT2D eigenvalue weighted by Gasteiger charge is 2.48. The molecule has 1 rings (SSSR count). The molecule has 0 N–H and O–H groups in total. The Labute approximate surface area is 76.6 Å². The second-order valence-corrected chi connectivity index (χ2v) is 4.72. The molecule has 0 radical (unpaired) electrons. The molecule has 0 aromatic heterocycles. The summed E-state index contributed by atoms with van der Waals surface area (Å²) < 4.78 is 20.7. The minimum absolute atomic E-state index is 0.140. The van der Waals surface area contributed by atoms with Gasteiger partial charge >= 0.3 is 0 Å². The normalized spacial score (nSPS) is 21.0. The number of hydrogen-bond donors (Lipinski definition) is 1. The van der Waals surface area contributed by atoms with Crippen molar-refractivity contribution >= 4 is 10.7 Å². The smallest absolute Gasteiger partial charge is 0.145 e. The Morgan fingerprint density at radius 2 is 1.92 bits per heavy atom. The summed E-state index contributed by atoms with van der Waals surface area (Å²) in [6.07, 6.45) is 1.27. The third-order valence-electron chi connectivity index (χ3n) is 2.26. The molecule has 0 saturated heterocycles. The first kappa shape index (κ1) is 10.2. The van der Waals surface area contributed by atoms with Crippen molar-refractivity contribution in [2.75, 3.05) is 6.54 Å². The second kappa shape index (κ2) is 3.91. The van der Waals surface area contributed by atoms with Crippen molar-refractivity contribution in [3.8, 4) is 0 Å². The number of thiol groups is 1. The highest BCUT2D eigenvalue weighted by molar-refractivity contribution is 7.74. The molecule has 7 heteroatoms. The number of rotatable bonds is 6. The Morgan fingerprint density at radius 1 is 1.31 bits per heavy atom. The Kier molecular flexibility index (Phi) is 3.07. The van der Waals surface area contributed by atoms with Gasteiger partial charge in [0.15, 0.2) is 0 Å². The first-order valence-electron chi connectivity index (χ1n) is 3.91. The molecule has 74 valence electrons. The van der Waals surface area contributed by atoms with Crippen molar-refractivity contribution in [2.24, 2.45) is 10.4 Å². The van der Waals surface area contributed by atoms with Gasteiger partial charge in [0.05, 0.1) is 4.75 Å². The lowest BCUT2D eigenvalue weighted by Gasteiger charge is -2.08. The van der Waals surface area contributed by atoms with E-state index in [0.29, 0.717) is 12.8 Å². The molecule has 1 aliphatic rings. The molecule has 1 saturated carbocycles. The standard InChI is InChI=1S/C6H10N2O4S/c9-7-4-5(8-10)3-6(1-2-6)13(11)12/h5,13H,1-4H2/t5-/m0/s1. The van der Waals surface area contributed by atoms with Gasteiger partial charge in [-0.05, 0) is 19.3 Å². The molecule has 1 atom stereocenters. The van der Waals surface area contributed by atoms with Gasteiger partial charge in [-0.3, -0.25) is 0 Å².